The van der Waals surface area contributed by atoms with Crippen LogP contribution in [0.25, 0.3) is 11.1 Å². The average Bonchev–Trinajstić information content (AvgIpc) is 3.56. The molecule has 0 radical (unpaired) electrons. The lowest BCUT2D eigenvalue weighted by Crippen LogP contribution is -2.34. The Bertz CT molecular complexity index is 1210. The smallest absolute Gasteiger partial charge is 0.412 e. The van der Waals surface area contributed by atoms with Gasteiger partial charge in [0.15, 0.2) is 0 Å². The molecule has 174 valence electrons. The molecule has 5 rings (SSSR count). The molecule has 2 amide bonds. The highest BCUT2D eigenvalue weighted by atomic mass is 16.6. The Kier molecular flexibility index (Phi) is 5.70. The van der Waals surface area contributed by atoms with Crippen LogP contribution in [0.15, 0.2) is 53.2 Å². The highest BCUT2D eigenvalue weighted by Gasteiger charge is 2.33. The molecule has 10 heteroatoms. The normalized spacial score (nSPS) is 18.7. The zero-order valence-corrected chi connectivity index (χ0v) is 18.1. The van der Waals surface area contributed by atoms with Crippen LogP contribution in [0, 0.1) is 5.92 Å². The van der Waals surface area contributed by atoms with Crippen LogP contribution in [0.1, 0.15) is 46.8 Å². The first-order chi connectivity index (χ1) is 16.5. The van der Waals surface area contributed by atoms with E-state index in [1.807, 2.05) is 48.5 Å². The van der Waals surface area contributed by atoms with Crippen LogP contribution in [0.3, 0.4) is 0 Å². The highest BCUT2D eigenvalue weighted by molar-refractivity contribution is 5.99. The molecule has 10 nitrogen and oxygen atoms in total. The third-order valence-corrected chi connectivity index (χ3v) is 6.38. The van der Waals surface area contributed by atoms with Gasteiger partial charge in [0.2, 0.25) is 11.5 Å². The number of nitrogens with one attached hydrogen (secondary N) is 2. The lowest BCUT2D eigenvalue weighted by atomic mass is 9.98. The molecule has 0 bridgehead atoms. The van der Waals surface area contributed by atoms with Crippen molar-refractivity contribution in [3.63, 3.8) is 0 Å². The average molecular weight is 462 g/mol. The molecule has 3 aromatic rings. The van der Waals surface area contributed by atoms with Gasteiger partial charge in [-0.05, 0) is 51.8 Å². The fourth-order valence-corrected chi connectivity index (χ4v) is 4.74. The van der Waals surface area contributed by atoms with Gasteiger partial charge in [-0.25, -0.2) is 9.42 Å². The summed E-state index contributed by atoms with van der Waals surface area (Å²) in [6, 6.07) is 15.7. The van der Waals surface area contributed by atoms with E-state index in [4.69, 9.17) is 9.84 Å². The van der Waals surface area contributed by atoms with Crippen molar-refractivity contribution >= 4 is 23.8 Å². The number of carbonyl (C=O) groups excluding carboxylic acids is 2. The second kappa shape index (κ2) is 8.97. The minimum atomic E-state index is -0.877. The minimum absolute atomic E-state index is 0.103. The van der Waals surface area contributed by atoms with Crippen LogP contribution < -0.4 is 10.6 Å². The van der Waals surface area contributed by atoms with Crippen LogP contribution in [0.2, 0.25) is 0 Å². The number of nitrogens with zero attached hydrogens (tertiary/aromatic N) is 2. The first-order valence-corrected chi connectivity index (χ1v) is 11.0. The van der Waals surface area contributed by atoms with E-state index >= 15 is 0 Å². The maximum atomic E-state index is 12.6. The Morgan fingerprint density at radius 2 is 1.68 bits per heavy atom. The van der Waals surface area contributed by atoms with Gasteiger partial charge in [-0.1, -0.05) is 48.5 Å². The zero-order chi connectivity index (χ0) is 23.7. The van der Waals surface area contributed by atoms with Crippen molar-refractivity contribution in [3.05, 3.63) is 65.4 Å². The van der Waals surface area contributed by atoms with Crippen LogP contribution in [-0.2, 0) is 9.53 Å². The molecule has 2 aliphatic rings. The standard InChI is InChI=1S/C24H22N4O6/c29-22(25-14-10-9-13(11-14)23(30)31)20-21(28-34-27-20)26-24(32)33-12-19-17-7-3-1-5-15(17)16-6-2-4-8-18(16)19/h1-8,13-14,19H,9-12H2,(H,25,29)(H,30,31)(H,26,28,32)/t13-,14+/m1/s1. The third-order valence-electron chi connectivity index (χ3n) is 6.38. The molecule has 2 atom stereocenters. The lowest BCUT2D eigenvalue weighted by Gasteiger charge is -2.14. The number of carboxylic acids is 1. The van der Waals surface area contributed by atoms with Crippen molar-refractivity contribution in [3.8, 4) is 11.1 Å². The molecule has 2 aliphatic carbocycles. The van der Waals surface area contributed by atoms with E-state index in [1.54, 1.807) is 0 Å². The SMILES string of the molecule is O=C(Nc1nonc1C(=O)N[C@H]1CC[C@@H](C(=O)O)C1)OCC1c2ccccc2-c2ccccc21. The summed E-state index contributed by atoms with van der Waals surface area (Å²) >= 11 is 0. The van der Waals surface area contributed by atoms with E-state index in [9.17, 15) is 14.4 Å². The molecular formula is C24H22N4O6. The first kappa shape index (κ1) is 21.6. The number of carbonyl (C=O) groups is 3. The van der Waals surface area contributed by atoms with E-state index < -0.39 is 23.9 Å². The van der Waals surface area contributed by atoms with Crippen LogP contribution in [0.4, 0.5) is 10.6 Å². The van der Waals surface area contributed by atoms with E-state index in [0.717, 1.165) is 22.3 Å². The van der Waals surface area contributed by atoms with Crippen LogP contribution in [0.5, 0.6) is 0 Å². The quantitative estimate of drug-likeness (QED) is 0.506. The van der Waals surface area contributed by atoms with Crippen molar-refractivity contribution in [1.82, 2.24) is 15.6 Å². The number of anilines is 1. The number of fused-ring (bicyclic) bond motifs is 3. The molecule has 2 aromatic carbocycles. The van der Waals surface area contributed by atoms with Gasteiger partial charge in [0.1, 0.15) is 6.61 Å². The zero-order valence-electron chi connectivity index (χ0n) is 18.1. The van der Waals surface area contributed by atoms with Crippen LogP contribution >= 0.6 is 0 Å². The maximum absolute atomic E-state index is 12.6. The predicted molar refractivity (Wildman–Crippen MR) is 119 cm³/mol. The summed E-state index contributed by atoms with van der Waals surface area (Å²) in [4.78, 5) is 36.2. The largest absolute Gasteiger partial charge is 0.481 e. The fourth-order valence-electron chi connectivity index (χ4n) is 4.74. The van der Waals surface area contributed by atoms with Gasteiger partial charge >= 0.3 is 12.1 Å². The van der Waals surface area contributed by atoms with Gasteiger partial charge in [0.25, 0.3) is 5.91 Å². The summed E-state index contributed by atoms with van der Waals surface area (Å²) in [6.07, 6.45) is 0.575. The number of aliphatic carboxylic acids is 1. The number of hydrogen-bond donors (Lipinski definition) is 3. The molecule has 1 aromatic heterocycles. The molecule has 1 saturated carbocycles. The summed E-state index contributed by atoms with van der Waals surface area (Å²) in [7, 11) is 0. The van der Waals surface area contributed by atoms with Crippen molar-refractivity contribution in [2.24, 2.45) is 5.92 Å². The van der Waals surface area contributed by atoms with E-state index in [1.165, 1.54) is 0 Å². The van der Waals surface area contributed by atoms with Gasteiger partial charge in [0.05, 0.1) is 5.92 Å². The number of carboxylic acid groups (broad SMARTS) is 1. The Balaban J connectivity index is 1.21. The molecule has 0 saturated heterocycles. The first-order valence-electron chi connectivity index (χ1n) is 11.0. The summed E-state index contributed by atoms with van der Waals surface area (Å²) in [5.41, 5.74) is 4.19. The molecular weight excluding hydrogens is 440 g/mol. The number of amides is 2. The molecule has 34 heavy (non-hydrogen) atoms. The topological polar surface area (TPSA) is 144 Å². The maximum Gasteiger partial charge on any atom is 0.412 e. The van der Waals surface area contributed by atoms with Gasteiger partial charge < -0.3 is 15.2 Å². The molecule has 0 aliphatic heterocycles. The Morgan fingerprint density at radius 3 is 2.32 bits per heavy atom. The minimum Gasteiger partial charge on any atom is -0.481 e. The third kappa shape index (κ3) is 4.09. The van der Waals surface area contributed by atoms with Crippen molar-refractivity contribution in [1.29, 1.82) is 0 Å². The Hall–Kier alpha value is -4.21. The van der Waals surface area contributed by atoms with E-state index in [-0.39, 0.29) is 30.1 Å². The lowest BCUT2D eigenvalue weighted by molar-refractivity contribution is -0.141. The Labute approximate surface area is 194 Å². The summed E-state index contributed by atoms with van der Waals surface area (Å²) in [5, 5.41) is 21.4. The van der Waals surface area contributed by atoms with E-state index in [2.05, 4.69) is 25.6 Å². The van der Waals surface area contributed by atoms with Crippen molar-refractivity contribution < 1.29 is 28.9 Å². The molecule has 3 N–H and O–H groups in total. The predicted octanol–water partition coefficient (Wildman–Crippen LogP) is 3.41. The van der Waals surface area contributed by atoms with Crippen molar-refractivity contribution in [2.45, 2.75) is 31.2 Å². The van der Waals surface area contributed by atoms with Gasteiger partial charge in [-0.15, -0.1) is 0 Å². The highest BCUT2D eigenvalue weighted by Crippen LogP contribution is 2.44. The van der Waals surface area contributed by atoms with E-state index in [0.29, 0.717) is 19.3 Å². The Morgan fingerprint density at radius 1 is 1.00 bits per heavy atom. The summed E-state index contributed by atoms with van der Waals surface area (Å²) in [5.74, 6) is -2.24. The fraction of sp³-hybridized carbons (Fsp3) is 0.292. The summed E-state index contributed by atoms with van der Waals surface area (Å²) < 4.78 is 10.1. The van der Waals surface area contributed by atoms with Gasteiger partial charge in [-0.2, -0.15) is 0 Å². The molecule has 0 unspecified atom stereocenters. The number of aromatic nitrogens is 2. The molecule has 0 spiro atoms. The van der Waals surface area contributed by atoms with Gasteiger partial charge in [-0.3, -0.25) is 14.9 Å². The number of hydrogen-bond acceptors (Lipinski definition) is 7. The van der Waals surface area contributed by atoms with Crippen molar-refractivity contribution in [2.75, 3.05) is 11.9 Å². The number of rotatable bonds is 6. The van der Waals surface area contributed by atoms with Gasteiger partial charge in [0, 0.05) is 12.0 Å². The number of ether oxygens (including phenoxy) is 1. The monoisotopic (exact) mass is 462 g/mol. The molecule has 1 heterocycles. The summed E-state index contributed by atoms with van der Waals surface area (Å²) in [6.45, 7) is 0.103. The second-order valence-corrected chi connectivity index (χ2v) is 8.43. The second-order valence-electron chi connectivity index (χ2n) is 8.43. The number of benzene rings is 2. The van der Waals surface area contributed by atoms with Crippen LogP contribution in [-0.4, -0.2) is 46.0 Å². The molecule has 1 fully saturated rings.